The van der Waals surface area contributed by atoms with Gasteiger partial charge in [-0.05, 0) is 42.5 Å². The van der Waals surface area contributed by atoms with Crippen LogP contribution in [-0.4, -0.2) is 26.2 Å². The number of esters is 1. The number of nitrogens with two attached hydrogens (primary N) is 1. The number of carbonyl (C=O) groups excluding carboxylic acids is 1. The molecule has 4 heteroatoms. The number of rotatable bonds is 3. The molecule has 0 saturated carbocycles. The van der Waals surface area contributed by atoms with Gasteiger partial charge in [0.05, 0.1) is 12.7 Å². The Bertz CT molecular complexity index is 677. The Kier molecular flexibility index (Phi) is 4.51. The van der Waals surface area contributed by atoms with Crippen LogP contribution in [0.15, 0.2) is 48.5 Å². The van der Waals surface area contributed by atoms with Crippen molar-refractivity contribution >= 4 is 17.3 Å². The van der Waals surface area contributed by atoms with Gasteiger partial charge >= 0.3 is 5.97 Å². The molecule has 0 bridgehead atoms. The third-order valence-corrected chi connectivity index (χ3v) is 4.57. The fourth-order valence-corrected chi connectivity index (χ4v) is 3.22. The molecule has 0 atom stereocenters. The van der Waals surface area contributed by atoms with Crippen molar-refractivity contribution in [2.24, 2.45) is 0 Å². The SMILES string of the molecule is COC(=O)c1cc(N2CCC(c3ccccc3)CC2)ccc1N. The lowest BCUT2D eigenvalue weighted by atomic mass is 9.89. The first-order valence-electron chi connectivity index (χ1n) is 7.97. The Balaban J connectivity index is 1.71. The summed E-state index contributed by atoms with van der Waals surface area (Å²) in [6.45, 7) is 1.95. The molecule has 1 saturated heterocycles. The van der Waals surface area contributed by atoms with Gasteiger partial charge in [-0.3, -0.25) is 0 Å². The number of methoxy groups -OCH3 is 1. The molecule has 0 aliphatic carbocycles. The third-order valence-electron chi connectivity index (χ3n) is 4.57. The van der Waals surface area contributed by atoms with Crippen molar-refractivity contribution < 1.29 is 9.53 Å². The fourth-order valence-electron chi connectivity index (χ4n) is 3.22. The van der Waals surface area contributed by atoms with Crippen LogP contribution in [0, 0.1) is 0 Å². The summed E-state index contributed by atoms with van der Waals surface area (Å²) in [7, 11) is 1.37. The molecule has 0 unspecified atom stereocenters. The first-order chi connectivity index (χ1) is 11.2. The van der Waals surface area contributed by atoms with Crippen LogP contribution in [0.3, 0.4) is 0 Å². The molecule has 2 N–H and O–H groups in total. The molecule has 4 nitrogen and oxygen atoms in total. The number of nitrogen functional groups attached to an aromatic ring is 1. The Labute approximate surface area is 136 Å². The van der Waals surface area contributed by atoms with Gasteiger partial charge in [-0.15, -0.1) is 0 Å². The molecule has 0 aromatic heterocycles. The highest BCUT2D eigenvalue weighted by molar-refractivity contribution is 5.96. The minimum atomic E-state index is -0.386. The second-order valence-corrected chi connectivity index (χ2v) is 5.94. The van der Waals surface area contributed by atoms with Crippen molar-refractivity contribution in [1.29, 1.82) is 0 Å². The summed E-state index contributed by atoms with van der Waals surface area (Å²) in [6.07, 6.45) is 2.23. The van der Waals surface area contributed by atoms with E-state index in [-0.39, 0.29) is 5.97 Å². The van der Waals surface area contributed by atoms with Gasteiger partial charge < -0.3 is 15.4 Å². The van der Waals surface area contributed by atoms with E-state index in [0.717, 1.165) is 31.6 Å². The number of piperidine rings is 1. The maximum absolute atomic E-state index is 11.8. The Morgan fingerprint density at radius 1 is 1.13 bits per heavy atom. The lowest BCUT2D eigenvalue weighted by molar-refractivity contribution is 0.0602. The van der Waals surface area contributed by atoms with Crippen molar-refractivity contribution in [3.8, 4) is 0 Å². The van der Waals surface area contributed by atoms with Gasteiger partial charge in [0.2, 0.25) is 0 Å². The molecule has 2 aromatic rings. The van der Waals surface area contributed by atoms with Crippen LogP contribution in [0.4, 0.5) is 11.4 Å². The Morgan fingerprint density at radius 2 is 1.83 bits per heavy atom. The van der Waals surface area contributed by atoms with Crippen molar-refractivity contribution in [1.82, 2.24) is 0 Å². The average Bonchev–Trinajstić information content (AvgIpc) is 2.62. The average molecular weight is 310 g/mol. The standard InChI is InChI=1S/C19H22N2O2/c1-23-19(22)17-13-16(7-8-18(17)20)21-11-9-15(10-12-21)14-5-3-2-4-6-14/h2-8,13,15H,9-12,20H2,1H3. The van der Waals surface area contributed by atoms with Crippen LogP contribution in [-0.2, 0) is 4.74 Å². The second-order valence-electron chi connectivity index (χ2n) is 5.94. The lowest BCUT2D eigenvalue weighted by Crippen LogP contribution is -2.33. The zero-order valence-corrected chi connectivity index (χ0v) is 13.4. The summed E-state index contributed by atoms with van der Waals surface area (Å²) in [5, 5.41) is 0. The summed E-state index contributed by atoms with van der Waals surface area (Å²) < 4.78 is 4.80. The molecule has 1 heterocycles. The van der Waals surface area contributed by atoms with E-state index in [1.807, 2.05) is 12.1 Å². The van der Waals surface area contributed by atoms with Gasteiger partial charge in [-0.25, -0.2) is 4.79 Å². The molecule has 23 heavy (non-hydrogen) atoms. The monoisotopic (exact) mass is 310 g/mol. The predicted molar refractivity (Wildman–Crippen MR) is 92.8 cm³/mol. The van der Waals surface area contributed by atoms with Crippen LogP contribution in [0.2, 0.25) is 0 Å². The molecule has 0 radical (unpaired) electrons. The van der Waals surface area contributed by atoms with E-state index in [4.69, 9.17) is 10.5 Å². The molecular formula is C19H22N2O2. The van der Waals surface area contributed by atoms with Crippen LogP contribution in [0.1, 0.15) is 34.7 Å². The lowest BCUT2D eigenvalue weighted by Gasteiger charge is -2.34. The highest BCUT2D eigenvalue weighted by Gasteiger charge is 2.21. The number of anilines is 2. The first-order valence-corrected chi connectivity index (χ1v) is 7.97. The van der Waals surface area contributed by atoms with Crippen LogP contribution >= 0.6 is 0 Å². The topological polar surface area (TPSA) is 55.6 Å². The van der Waals surface area contributed by atoms with Crippen molar-refractivity contribution in [2.45, 2.75) is 18.8 Å². The summed E-state index contributed by atoms with van der Waals surface area (Å²) in [5.74, 6) is 0.227. The minimum absolute atomic E-state index is 0.386. The molecule has 3 rings (SSSR count). The van der Waals surface area contributed by atoms with Crippen LogP contribution < -0.4 is 10.6 Å². The number of carbonyl (C=O) groups is 1. The number of nitrogens with zero attached hydrogens (tertiary/aromatic N) is 1. The van der Waals surface area contributed by atoms with Gasteiger partial charge in [0.15, 0.2) is 0 Å². The van der Waals surface area contributed by atoms with Gasteiger partial charge in [0.25, 0.3) is 0 Å². The summed E-state index contributed by atoms with van der Waals surface area (Å²) >= 11 is 0. The maximum atomic E-state index is 11.8. The van der Waals surface area contributed by atoms with Gasteiger partial charge in [-0.1, -0.05) is 30.3 Å². The number of ether oxygens (including phenoxy) is 1. The Hall–Kier alpha value is -2.49. The van der Waals surface area contributed by atoms with Crippen LogP contribution in [0.5, 0.6) is 0 Å². The number of benzene rings is 2. The molecule has 1 aliphatic heterocycles. The normalized spacial score (nSPS) is 15.4. The third kappa shape index (κ3) is 3.31. The Morgan fingerprint density at radius 3 is 2.48 bits per heavy atom. The van der Waals surface area contributed by atoms with E-state index in [1.165, 1.54) is 12.7 Å². The van der Waals surface area contributed by atoms with Crippen molar-refractivity contribution in [2.75, 3.05) is 30.8 Å². The summed E-state index contributed by atoms with van der Waals surface area (Å²) in [4.78, 5) is 14.1. The second kappa shape index (κ2) is 6.73. The highest BCUT2D eigenvalue weighted by Crippen LogP contribution is 2.31. The molecule has 1 aliphatic rings. The van der Waals surface area contributed by atoms with E-state index >= 15 is 0 Å². The van der Waals surface area contributed by atoms with E-state index in [1.54, 1.807) is 6.07 Å². The van der Waals surface area contributed by atoms with E-state index in [0.29, 0.717) is 17.2 Å². The van der Waals surface area contributed by atoms with E-state index < -0.39 is 0 Å². The molecule has 0 spiro atoms. The van der Waals surface area contributed by atoms with Gasteiger partial charge in [0, 0.05) is 24.5 Å². The highest BCUT2D eigenvalue weighted by atomic mass is 16.5. The fraction of sp³-hybridized carbons (Fsp3) is 0.316. The van der Waals surface area contributed by atoms with E-state index in [9.17, 15) is 4.79 Å². The zero-order valence-electron chi connectivity index (χ0n) is 13.4. The molecule has 2 aromatic carbocycles. The summed E-state index contributed by atoms with van der Waals surface area (Å²) in [6, 6.07) is 16.3. The summed E-state index contributed by atoms with van der Waals surface area (Å²) in [5.41, 5.74) is 9.22. The molecule has 1 fully saturated rings. The smallest absolute Gasteiger partial charge is 0.340 e. The molecule has 120 valence electrons. The van der Waals surface area contributed by atoms with Crippen LogP contribution in [0.25, 0.3) is 0 Å². The van der Waals surface area contributed by atoms with Crippen molar-refractivity contribution in [3.05, 3.63) is 59.7 Å². The number of hydrogen-bond donors (Lipinski definition) is 1. The van der Waals surface area contributed by atoms with E-state index in [2.05, 4.69) is 35.2 Å². The maximum Gasteiger partial charge on any atom is 0.340 e. The quantitative estimate of drug-likeness (QED) is 0.697. The van der Waals surface area contributed by atoms with Gasteiger partial charge in [-0.2, -0.15) is 0 Å². The molecular weight excluding hydrogens is 288 g/mol. The predicted octanol–water partition coefficient (Wildman–Crippen LogP) is 3.44. The minimum Gasteiger partial charge on any atom is -0.465 e. The van der Waals surface area contributed by atoms with Gasteiger partial charge in [0.1, 0.15) is 0 Å². The number of hydrogen-bond acceptors (Lipinski definition) is 4. The largest absolute Gasteiger partial charge is 0.465 e. The molecule has 0 amide bonds. The van der Waals surface area contributed by atoms with Crippen molar-refractivity contribution in [3.63, 3.8) is 0 Å². The first kappa shape index (κ1) is 15.4. The zero-order chi connectivity index (χ0) is 16.2.